The van der Waals surface area contributed by atoms with Gasteiger partial charge in [-0.3, -0.25) is 4.72 Å². The van der Waals surface area contributed by atoms with Gasteiger partial charge in [-0.15, -0.1) is 10.2 Å². The molecule has 0 aliphatic carbocycles. The molecule has 0 spiro atoms. The van der Waals surface area contributed by atoms with Crippen molar-refractivity contribution in [2.75, 3.05) is 11.0 Å². The number of hydrogen-bond donors (Lipinski definition) is 1. The summed E-state index contributed by atoms with van der Waals surface area (Å²) in [5, 5.41) is 6.32. The first kappa shape index (κ1) is 16.4. The minimum absolute atomic E-state index is 0.0332. The third kappa shape index (κ3) is 3.12. The lowest BCUT2D eigenvalue weighted by Gasteiger charge is -2.15. The van der Waals surface area contributed by atoms with Crippen LogP contribution >= 0.6 is 0 Å². The minimum atomic E-state index is -4.55. The molecule has 2 aromatic carbocycles. The average molecular weight is 355 g/mol. The normalized spacial score (nSPS) is 16.0. The Kier molecular flexibility index (Phi) is 3.63. The van der Waals surface area contributed by atoms with E-state index < -0.39 is 21.9 Å². The van der Waals surface area contributed by atoms with Crippen LogP contribution < -0.4 is 4.72 Å². The Hall–Kier alpha value is -2.42. The quantitative estimate of drug-likeness (QED) is 0.903. The van der Waals surface area contributed by atoms with Crippen LogP contribution in [-0.2, 0) is 15.7 Å². The fourth-order valence-corrected chi connectivity index (χ4v) is 2.85. The molecule has 3 rings (SSSR count). The Balaban J connectivity index is 1.82. The summed E-state index contributed by atoms with van der Waals surface area (Å²) in [6, 6.07) is 12.3. The number of sulfonamides is 1. The second-order valence-electron chi connectivity index (χ2n) is 5.40. The summed E-state index contributed by atoms with van der Waals surface area (Å²) in [6.07, 6.45) is -3.50. The van der Waals surface area contributed by atoms with Gasteiger partial charge >= 0.3 is 11.8 Å². The highest BCUT2D eigenvalue weighted by molar-refractivity contribution is 7.92. The predicted molar refractivity (Wildman–Crippen MR) is 82.9 cm³/mol. The maximum atomic E-state index is 12.9. The zero-order valence-electron chi connectivity index (χ0n) is 12.4. The molecule has 0 atom stereocenters. The van der Waals surface area contributed by atoms with Crippen molar-refractivity contribution >= 4 is 15.7 Å². The molecule has 0 saturated carbocycles. The van der Waals surface area contributed by atoms with E-state index in [1.54, 1.807) is 36.4 Å². The van der Waals surface area contributed by atoms with Gasteiger partial charge in [0.15, 0.2) is 0 Å². The summed E-state index contributed by atoms with van der Waals surface area (Å²) in [4.78, 5) is 0. The molecule has 1 heterocycles. The van der Waals surface area contributed by atoms with Crippen molar-refractivity contribution in [1.82, 2.24) is 0 Å². The van der Waals surface area contributed by atoms with Gasteiger partial charge < -0.3 is 0 Å². The highest BCUT2D eigenvalue weighted by atomic mass is 32.2. The van der Waals surface area contributed by atoms with E-state index in [2.05, 4.69) is 15.0 Å². The molecule has 0 unspecified atom stereocenters. The van der Waals surface area contributed by atoms with Crippen LogP contribution in [0.3, 0.4) is 0 Å². The number of alkyl halides is 3. The SMILES string of the molecule is CS(=O)(=O)Nc1ccc(-c2ccc(C3(C(F)(F)F)N=N3)cc2)cc1. The van der Waals surface area contributed by atoms with E-state index in [0.29, 0.717) is 11.3 Å². The highest BCUT2D eigenvalue weighted by Crippen LogP contribution is 2.52. The summed E-state index contributed by atoms with van der Waals surface area (Å²) in [7, 11) is -3.36. The fourth-order valence-electron chi connectivity index (χ4n) is 2.28. The van der Waals surface area contributed by atoms with Gasteiger partial charge in [0.25, 0.3) is 0 Å². The Bertz CT molecular complexity index is 883. The molecule has 0 saturated heterocycles. The van der Waals surface area contributed by atoms with Crippen LogP contribution in [-0.4, -0.2) is 20.8 Å². The third-order valence-electron chi connectivity index (χ3n) is 3.50. The van der Waals surface area contributed by atoms with E-state index in [4.69, 9.17) is 0 Å². The molecule has 9 heteroatoms. The van der Waals surface area contributed by atoms with Crippen LogP contribution in [0.2, 0.25) is 0 Å². The second kappa shape index (κ2) is 5.30. The lowest BCUT2D eigenvalue weighted by Crippen LogP contribution is -2.29. The number of rotatable bonds is 4. The fraction of sp³-hybridized carbons (Fsp3) is 0.200. The van der Waals surface area contributed by atoms with Gasteiger partial charge in [-0.25, -0.2) is 8.42 Å². The Labute approximate surface area is 136 Å². The van der Waals surface area contributed by atoms with Gasteiger partial charge in [0.1, 0.15) is 0 Å². The highest BCUT2D eigenvalue weighted by Gasteiger charge is 2.65. The van der Waals surface area contributed by atoms with Gasteiger partial charge in [0.2, 0.25) is 10.0 Å². The monoisotopic (exact) mass is 355 g/mol. The van der Waals surface area contributed by atoms with Crippen LogP contribution in [0.5, 0.6) is 0 Å². The van der Waals surface area contributed by atoms with Crippen LogP contribution in [0, 0.1) is 0 Å². The standard InChI is InChI=1S/C15H12F3N3O2S/c1-24(22,23)19-13-8-4-11(5-9-13)10-2-6-12(7-3-10)14(20-21-14)15(16,17)18/h2-9,19H,1H3. The summed E-state index contributed by atoms with van der Waals surface area (Å²) in [6.45, 7) is 0. The van der Waals surface area contributed by atoms with Crippen molar-refractivity contribution in [3.8, 4) is 11.1 Å². The zero-order chi connectivity index (χ0) is 17.6. The molecule has 0 fully saturated rings. The molecule has 0 radical (unpaired) electrons. The molecule has 1 aliphatic rings. The topological polar surface area (TPSA) is 70.9 Å². The van der Waals surface area contributed by atoms with Crippen LogP contribution in [0.4, 0.5) is 18.9 Å². The molecular weight excluding hydrogens is 343 g/mol. The Morgan fingerprint density at radius 3 is 1.75 bits per heavy atom. The predicted octanol–water partition coefficient (Wildman–Crippen LogP) is 3.91. The second-order valence-corrected chi connectivity index (χ2v) is 7.15. The number of hydrogen-bond acceptors (Lipinski definition) is 4. The number of nitrogens with one attached hydrogen (secondary N) is 1. The average Bonchev–Trinajstić information content (AvgIpc) is 3.28. The minimum Gasteiger partial charge on any atom is -0.284 e. The van der Waals surface area contributed by atoms with Gasteiger partial charge in [0, 0.05) is 11.3 Å². The molecule has 0 bridgehead atoms. The number of nitrogens with zero attached hydrogens (tertiary/aromatic N) is 2. The summed E-state index contributed by atoms with van der Waals surface area (Å²) in [5.74, 6) is 0. The third-order valence-corrected chi connectivity index (χ3v) is 4.11. The van der Waals surface area contributed by atoms with Crippen LogP contribution in [0.25, 0.3) is 11.1 Å². The molecule has 126 valence electrons. The van der Waals surface area contributed by atoms with Crippen LogP contribution in [0.15, 0.2) is 58.8 Å². The van der Waals surface area contributed by atoms with Gasteiger partial charge in [0.05, 0.1) is 6.26 Å². The lowest BCUT2D eigenvalue weighted by atomic mass is 9.98. The molecule has 1 N–H and O–H groups in total. The first-order valence-electron chi connectivity index (χ1n) is 6.80. The number of halogens is 3. The van der Waals surface area contributed by atoms with E-state index in [1.807, 2.05) is 0 Å². The Morgan fingerprint density at radius 1 is 0.917 bits per heavy atom. The molecule has 2 aromatic rings. The van der Waals surface area contributed by atoms with E-state index in [1.165, 1.54) is 12.1 Å². The zero-order valence-corrected chi connectivity index (χ0v) is 13.2. The van der Waals surface area contributed by atoms with E-state index in [0.717, 1.165) is 11.8 Å². The van der Waals surface area contributed by atoms with Crippen molar-refractivity contribution in [2.45, 2.75) is 11.8 Å². The molecule has 0 aromatic heterocycles. The smallest absolute Gasteiger partial charge is 0.284 e. The molecule has 5 nitrogen and oxygen atoms in total. The summed E-state index contributed by atoms with van der Waals surface area (Å²) < 4.78 is 63.5. The van der Waals surface area contributed by atoms with Gasteiger partial charge in [-0.2, -0.15) is 13.2 Å². The van der Waals surface area contributed by atoms with E-state index in [9.17, 15) is 21.6 Å². The maximum Gasteiger partial charge on any atom is 0.442 e. The summed E-state index contributed by atoms with van der Waals surface area (Å²) >= 11 is 0. The summed E-state index contributed by atoms with van der Waals surface area (Å²) in [5.41, 5.74) is -0.609. The Morgan fingerprint density at radius 2 is 1.38 bits per heavy atom. The van der Waals surface area contributed by atoms with Gasteiger partial charge in [-0.1, -0.05) is 36.4 Å². The van der Waals surface area contributed by atoms with E-state index in [-0.39, 0.29) is 5.56 Å². The van der Waals surface area contributed by atoms with Crippen molar-refractivity contribution < 1.29 is 21.6 Å². The molecular formula is C15H12F3N3O2S. The maximum absolute atomic E-state index is 12.9. The van der Waals surface area contributed by atoms with Crippen molar-refractivity contribution in [2.24, 2.45) is 10.2 Å². The van der Waals surface area contributed by atoms with Crippen molar-refractivity contribution in [3.05, 3.63) is 54.1 Å². The largest absolute Gasteiger partial charge is 0.442 e. The van der Waals surface area contributed by atoms with Gasteiger partial charge in [-0.05, 0) is 23.3 Å². The van der Waals surface area contributed by atoms with Crippen molar-refractivity contribution in [1.29, 1.82) is 0 Å². The van der Waals surface area contributed by atoms with Crippen LogP contribution in [0.1, 0.15) is 5.56 Å². The molecule has 24 heavy (non-hydrogen) atoms. The number of anilines is 1. The first-order chi connectivity index (χ1) is 11.1. The molecule has 1 aliphatic heterocycles. The van der Waals surface area contributed by atoms with E-state index >= 15 is 0 Å². The van der Waals surface area contributed by atoms with Crippen molar-refractivity contribution in [3.63, 3.8) is 0 Å². The number of benzene rings is 2. The first-order valence-corrected chi connectivity index (χ1v) is 8.69. The molecule has 0 amide bonds. The lowest BCUT2D eigenvalue weighted by molar-refractivity contribution is -0.166.